The predicted octanol–water partition coefficient (Wildman–Crippen LogP) is 5.58. The Balaban J connectivity index is 1.74. The summed E-state index contributed by atoms with van der Waals surface area (Å²) in [6, 6.07) is 10.0. The molecule has 0 spiro atoms. The van der Waals surface area contributed by atoms with Crippen molar-refractivity contribution in [2.24, 2.45) is 5.92 Å². The van der Waals surface area contributed by atoms with Gasteiger partial charge in [0.15, 0.2) is 0 Å². The highest BCUT2D eigenvalue weighted by molar-refractivity contribution is 5.30. The third-order valence-corrected chi connectivity index (χ3v) is 5.78. The van der Waals surface area contributed by atoms with Crippen molar-refractivity contribution in [3.8, 4) is 0 Å². The van der Waals surface area contributed by atoms with Crippen LogP contribution in [-0.2, 0) is 0 Å². The fourth-order valence-corrected chi connectivity index (χ4v) is 4.24. The molecular weight excluding hydrogens is 254 g/mol. The van der Waals surface area contributed by atoms with E-state index in [1.54, 1.807) is 5.56 Å². The summed E-state index contributed by atoms with van der Waals surface area (Å²) in [7, 11) is 2.15. The minimum Gasteiger partial charge on any atom is -0.313 e. The largest absolute Gasteiger partial charge is 0.313 e. The zero-order chi connectivity index (χ0) is 14.5. The summed E-state index contributed by atoms with van der Waals surface area (Å²) in [5, 5.41) is 3.64. The fraction of sp³-hybridized carbons (Fsp3) is 0.700. The Hall–Kier alpha value is -0.820. The van der Waals surface area contributed by atoms with E-state index in [4.69, 9.17) is 0 Å². The van der Waals surface area contributed by atoms with Gasteiger partial charge in [-0.2, -0.15) is 0 Å². The van der Waals surface area contributed by atoms with Crippen LogP contribution in [0.1, 0.15) is 87.3 Å². The molecule has 3 rings (SSSR count). The Bertz CT molecular complexity index is 427. The number of hydrogen-bond acceptors (Lipinski definition) is 1. The molecule has 0 aromatic heterocycles. The van der Waals surface area contributed by atoms with E-state index >= 15 is 0 Å². The predicted molar refractivity (Wildman–Crippen MR) is 90.6 cm³/mol. The highest BCUT2D eigenvalue weighted by Crippen LogP contribution is 2.38. The van der Waals surface area contributed by atoms with Gasteiger partial charge in [-0.1, -0.05) is 62.8 Å². The van der Waals surface area contributed by atoms with Crippen LogP contribution in [0, 0.1) is 5.92 Å². The normalized spacial score (nSPS) is 23.1. The van der Waals surface area contributed by atoms with Crippen LogP contribution >= 0.6 is 0 Å². The lowest BCUT2D eigenvalue weighted by Gasteiger charge is -2.31. The molecule has 1 unspecified atom stereocenters. The Morgan fingerprint density at radius 2 is 1.62 bits per heavy atom. The maximum Gasteiger partial charge on any atom is 0.0346 e. The van der Waals surface area contributed by atoms with Crippen LogP contribution < -0.4 is 5.32 Å². The lowest BCUT2D eigenvalue weighted by molar-refractivity contribution is 0.299. The molecule has 0 saturated heterocycles. The molecule has 116 valence electrons. The average Bonchev–Trinajstić information content (AvgIpc) is 2.40. The van der Waals surface area contributed by atoms with Crippen molar-refractivity contribution in [1.29, 1.82) is 0 Å². The Labute approximate surface area is 130 Å². The lowest BCUT2D eigenvalue weighted by atomic mass is 9.78. The number of benzene rings is 1. The third kappa shape index (κ3) is 3.69. The number of rotatable bonds is 4. The lowest BCUT2D eigenvalue weighted by Crippen LogP contribution is -2.26. The number of hydrogen-bond donors (Lipinski definition) is 1. The van der Waals surface area contributed by atoms with E-state index < -0.39 is 0 Å². The summed E-state index contributed by atoms with van der Waals surface area (Å²) >= 11 is 0. The summed E-state index contributed by atoms with van der Waals surface area (Å²) in [6.07, 6.45) is 14.2. The first-order valence-corrected chi connectivity index (χ1v) is 9.15. The van der Waals surface area contributed by atoms with E-state index in [-0.39, 0.29) is 0 Å². The van der Waals surface area contributed by atoms with E-state index in [0.717, 1.165) is 11.8 Å². The highest BCUT2D eigenvalue weighted by Gasteiger charge is 2.24. The van der Waals surface area contributed by atoms with E-state index in [0.29, 0.717) is 6.04 Å². The van der Waals surface area contributed by atoms with Gasteiger partial charge in [-0.05, 0) is 55.7 Å². The smallest absolute Gasteiger partial charge is 0.0346 e. The van der Waals surface area contributed by atoms with Gasteiger partial charge in [-0.25, -0.2) is 0 Å². The third-order valence-electron chi connectivity index (χ3n) is 5.78. The second-order valence-electron chi connectivity index (χ2n) is 7.17. The molecule has 1 nitrogen and oxygen atoms in total. The monoisotopic (exact) mass is 285 g/mol. The van der Waals surface area contributed by atoms with Crippen LogP contribution in [0.5, 0.6) is 0 Å². The molecule has 2 fully saturated rings. The topological polar surface area (TPSA) is 12.0 Å². The van der Waals surface area contributed by atoms with Crippen molar-refractivity contribution in [2.45, 2.75) is 76.2 Å². The Kier molecular flexibility index (Phi) is 5.35. The van der Waals surface area contributed by atoms with Crippen LogP contribution in [0.4, 0.5) is 0 Å². The van der Waals surface area contributed by atoms with E-state index in [1.807, 2.05) is 0 Å². The van der Waals surface area contributed by atoms with Gasteiger partial charge in [-0.3, -0.25) is 0 Å². The van der Waals surface area contributed by atoms with Crippen LogP contribution in [0.2, 0.25) is 0 Å². The van der Waals surface area contributed by atoms with Gasteiger partial charge in [-0.15, -0.1) is 0 Å². The summed E-state index contributed by atoms with van der Waals surface area (Å²) in [5.74, 6) is 1.67. The maximum atomic E-state index is 3.64. The minimum absolute atomic E-state index is 0.558. The molecular formula is C20H31N. The van der Waals surface area contributed by atoms with Gasteiger partial charge < -0.3 is 5.32 Å². The zero-order valence-corrected chi connectivity index (χ0v) is 13.6. The molecule has 1 aromatic carbocycles. The minimum atomic E-state index is 0.558. The molecule has 21 heavy (non-hydrogen) atoms. The molecule has 2 saturated carbocycles. The van der Waals surface area contributed by atoms with Crippen LogP contribution in [0.3, 0.4) is 0 Å². The van der Waals surface area contributed by atoms with Gasteiger partial charge in [0, 0.05) is 6.04 Å². The Morgan fingerprint density at radius 1 is 0.905 bits per heavy atom. The van der Waals surface area contributed by atoms with E-state index in [9.17, 15) is 0 Å². The van der Waals surface area contributed by atoms with Crippen molar-refractivity contribution >= 4 is 0 Å². The molecule has 0 radical (unpaired) electrons. The molecule has 2 aliphatic carbocycles. The highest BCUT2D eigenvalue weighted by atomic mass is 14.9. The summed E-state index contributed by atoms with van der Waals surface area (Å²) in [6.45, 7) is 0. The first-order chi connectivity index (χ1) is 10.4. The SMILES string of the molecule is CNC(c1cccc(C2CCC2)c1)C1CCCCCCC1. The van der Waals surface area contributed by atoms with Gasteiger partial charge in [0.1, 0.15) is 0 Å². The van der Waals surface area contributed by atoms with Crippen molar-refractivity contribution in [2.75, 3.05) is 7.05 Å². The first kappa shape index (κ1) is 15.1. The summed E-state index contributed by atoms with van der Waals surface area (Å²) < 4.78 is 0. The van der Waals surface area contributed by atoms with Gasteiger partial charge in [0.25, 0.3) is 0 Å². The van der Waals surface area contributed by atoms with Crippen molar-refractivity contribution in [3.05, 3.63) is 35.4 Å². The molecule has 1 heteroatoms. The molecule has 1 atom stereocenters. The van der Waals surface area contributed by atoms with Crippen molar-refractivity contribution < 1.29 is 0 Å². The number of nitrogens with one attached hydrogen (secondary N) is 1. The molecule has 1 aromatic rings. The summed E-state index contributed by atoms with van der Waals surface area (Å²) in [5.41, 5.74) is 3.12. The van der Waals surface area contributed by atoms with Crippen molar-refractivity contribution in [3.63, 3.8) is 0 Å². The van der Waals surface area contributed by atoms with Crippen LogP contribution in [0.15, 0.2) is 24.3 Å². The van der Waals surface area contributed by atoms with Gasteiger partial charge in [0.2, 0.25) is 0 Å². The van der Waals surface area contributed by atoms with Crippen LogP contribution in [0.25, 0.3) is 0 Å². The molecule has 0 amide bonds. The quantitative estimate of drug-likeness (QED) is 0.762. The maximum absolute atomic E-state index is 3.64. The van der Waals surface area contributed by atoms with Crippen LogP contribution in [-0.4, -0.2) is 7.05 Å². The Morgan fingerprint density at radius 3 is 2.24 bits per heavy atom. The summed E-state index contributed by atoms with van der Waals surface area (Å²) in [4.78, 5) is 0. The fourth-order valence-electron chi connectivity index (χ4n) is 4.24. The standard InChI is InChI=1S/C20H31N/c1-21-20(17-9-5-3-2-4-6-10-17)19-14-8-13-18(15-19)16-11-7-12-16/h8,13-17,20-21H,2-7,9-12H2,1H3. The molecule has 0 heterocycles. The second kappa shape index (κ2) is 7.45. The van der Waals surface area contributed by atoms with E-state index in [1.165, 1.54) is 69.8 Å². The first-order valence-electron chi connectivity index (χ1n) is 9.15. The zero-order valence-electron chi connectivity index (χ0n) is 13.6. The van der Waals surface area contributed by atoms with E-state index in [2.05, 4.69) is 36.6 Å². The molecule has 0 bridgehead atoms. The van der Waals surface area contributed by atoms with Crippen molar-refractivity contribution in [1.82, 2.24) is 5.32 Å². The second-order valence-corrected chi connectivity index (χ2v) is 7.17. The average molecular weight is 285 g/mol. The molecule has 2 aliphatic rings. The van der Waals surface area contributed by atoms with Gasteiger partial charge in [0.05, 0.1) is 0 Å². The molecule has 0 aliphatic heterocycles. The van der Waals surface area contributed by atoms with Gasteiger partial charge >= 0.3 is 0 Å². The molecule has 1 N–H and O–H groups in total.